The lowest BCUT2D eigenvalue weighted by molar-refractivity contribution is 0.0533. The van der Waals surface area contributed by atoms with Crippen molar-refractivity contribution >= 4 is 40.5 Å². The molecule has 1 N–H and O–H groups in total. The maximum absolute atomic E-state index is 12.4. The zero-order chi connectivity index (χ0) is 19.7. The number of hydrogen-bond acceptors (Lipinski definition) is 7. The second-order valence-electron chi connectivity index (χ2n) is 5.70. The summed E-state index contributed by atoms with van der Waals surface area (Å²) in [5, 5.41) is 2.78. The number of hydrogen-bond donors (Lipinski definition) is 1. The van der Waals surface area contributed by atoms with Crippen molar-refractivity contribution in [1.29, 1.82) is 0 Å². The minimum Gasteiger partial charge on any atom is -0.462 e. The number of rotatable bonds is 5. The van der Waals surface area contributed by atoms with Gasteiger partial charge >= 0.3 is 5.97 Å². The Morgan fingerprint density at radius 1 is 1.18 bits per heavy atom. The first-order valence-electron chi connectivity index (χ1n) is 8.33. The molecule has 28 heavy (non-hydrogen) atoms. The summed E-state index contributed by atoms with van der Waals surface area (Å²) in [6, 6.07) is 10.1. The number of anilines is 1. The van der Waals surface area contributed by atoms with Crippen LogP contribution >= 0.6 is 22.9 Å². The van der Waals surface area contributed by atoms with Crippen LogP contribution in [0, 0.1) is 0 Å². The van der Waals surface area contributed by atoms with Crippen LogP contribution < -0.4 is 14.8 Å². The lowest BCUT2D eigenvalue weighted by Crippen LogP contribution is -2.13. The van der Waals surface area contributed by atoms with Gasteiger partial charge in [-0.1, -0.05) is 0 Å². The SMILES string of the molecule is CCOC(=O)c1sc(-c2ccc3c(c2)OCO3)cc1NC(=O)c1ccc(Cl)o1. The zero-order valence-corrected chi connectivity index (χ0v) is 16.2. The van der Waals surface area contributed by atoms with Crippen molar-refractivity contribution in [2.75, 3.05) is 18.7 Å². The van der Waals surface area contributed by atoms with Crippen LogP contribution in [0.15, 0.2) is 40.8 Å². The molecule has 0 aliphatic carbocycles. The molecule has 144 valence electrons. The Bertz CT molecular complexity index is 1060. The summed E-state index contributed by atoms with van der Waals surface area (Å²) in [6.45, 7) is 2.11. The highest BCUT2D eigenvalue weighted by Gasteiger charge is 2.23. The van der Waals surface area contributed by atoms with Gasteiger partial charge in [0.1, 0.15) is 4.88 Å². The highest BCUT2D eigenvalue weighted by atomic mass is 35.5. The van der Waals surface area contributed by atoms with Crippen molar-refractivity contribution < 1.29 is 28.2 Å². The molecular weight excluding hydrogens is 406 g/mol. The number of furan rings is 1. The molecule has 2 aromatic heterocycles. The maximum Gasteiger partial charge on any atom is 0.350 e. The molecule has 0 spiro atoms. The summed E-state index contributed by atoms with van der Waals surface area (Å²) >= 11 is 6.93. The van der Waals surface area contributed by atoms with Gasteiger partial charge in [-0.05, 0) is 60.5 Å². The van der Waals surface area contributed by atoms with Gasteiger partial charge in [0.15, 0.2) is 22.5 Å². The van der Waals surface area contributed by atoms with E-state index >= 15 is 0 Å². The highest BCUT2D eigenvalue weighted by Crippen LogP contribution is 2.40. The van der Waals surface area contributed by atoms with Gasteiger partial charge in [0.2, 0.25) is 6.79 Å². The fourth-order valence-electron chi connectivity index (χ4n) is 2.64. The lowest BCUT2D eigenvalue weighted by atomic mass is 10.1. The number of thiophene rings is 1. The van der Waals surface area contributed by atoms with Crippen LogP contribution in [0.3, 0.4) is 0 Å². The average molecular weight is 420 g/mol. The van der Waals surface area contributed by atoms with Crippen LogP contribution in [0.2, 0.25) is 5.22 Å². The number of carbonyl (C=O) groups excluding carboxylic acids is 2. The van der Waals surface area contributed by atoms with E-state index in [1.807, 2.05) is 12.1 Å². The monoisotopic (exact) mass is 419 g/mol. The van der Waals surface area contributed by atoms with E-state index in [1.165, 1.54) is 23.5 Å². The number of ether oxygens (including phenoxy) is 3. The molecule has 0 saturated carbocycles. The third-order valence-electron chi connectivity index (χ3n) is 3.90. The number of fused-ring (bicyclic) bond motifs is 1. The third-order valence-corrected chi connectivity index (χ3v) is 5.26. The molecule has 3 heterocycles. The first kappa shape index (κ1) is 18.4. The van der Waals surface area contributed by atoms with Crippen molar-refractivity contribution in [2.45, 2.75) is 6.92 Å². The van der Waals surface area contributed by atoms with Crippen molar-refractivity contribution in [1.82, 2.24) is 0 Å². The van der Waals surface area contributed by atoms with Crippen LogP contribution in [-0.4, -0.2) is 25.3 Å². The molecule has 1 amide bonds. The summed E-state index contributed by atoms with van der Waals surface area (Å²) in [5.74, 6) is 0.281. The molecule has 0 saturated heterocycles. The molecule has 0 unspecified atom stereocenters. The smallest absolute Gasteiger partial charge is 0.350 e. The van der Waals surface area contributed by atoms with Crippen molar-refractivity contribution in [2.24, 2.45) is 0 Å². The minimum absolute atomic E-state index is 0.0376. The fraction of sp³-hybridized carbons (Fsp3) is 0.158. The number of benzene rings is 1. The largest absolute Gasteiger partial charge is 0.462 e. The summed E-state index contributed by atoms with van der Waals surface area (Å²) in [6.07, 6.45) is 0. The molecule has 1 aromatic carbocycles. The lowest BCUT2D eigenvalue weighted by Gasteiger charge is -2.04. The van der Waals surface area contributed by atoms with Gasteiger partial charge < -0.3 is 23.9 Å². The second kappa shape index (κ2) is 7.57. The molecule has 9 heteroatoms. The molecule has 3 aromatic rings. The van der Waals surface area contributed by atoms with E-state index in [0.29, 0.717) is 17.2 Å². The zero-order valence-electron chi connectivity index (χ0n) is 14.6. The van der Waals surface area contributed by atoms with Crippen molar-refractivity contribution in [3.8, 4) is 21.9 Å². The quantitative estimate of drug-likeness (QED) is 0.596. The Kier molecular flexibility index (Phi) is 4.97. The number of halogens is 1. The molecule has 4 rings (SSSR count). The fourth-order valence-corrected chi connectivity index (χ4v) is 3.79. The topological polar surface area (TPSA) is 87.0 Å². The molecular formula is C19H14ClNO6S. The predicted molar refractivity (Wildman–Crippen MR) is 104 cm³/mol. The Balaban J connectivity index is 1.68. The average Bonchev–Trinajstić information content (AvgIpc) is 3.40. The van der Waals surface area contributed by atoms with E-state index in [2.05, 4.69) is 5.32 Å². The normalized spacial score (nSPS) is 12.1. The molecule has 0 fully saturated rings. The molecule has 1 aliphatic rings. The van der Waals surface area contributed by atoms with Crippen LogP contribution in [-0.2, 0) is 4.74 Å². The van der Waals surface area contributed by atoms with Gasteiger partial charge in [-0.3, -0.25) is 4.79 Å². The minimum atomic E-state index is -0.521. The Hall–Kier alpha value is -2.97. The number of carbonyl (C=O) groups is 2. The Morgan fingerprint density at radius 3 is 2.75 bits per heavy atom. The number of esters is 1. The first-order chi connectivity index (χ1) is 13.5. The van der Waals surface area contributed by atoms with E-state index in [9.17, 15) is 9.59 Å². The molecule has 0 radical (unpaired) electrons. The maximum atomic E-state index is 12.4. The Morgan fingerprint density at radius 2 is 2.00 bits per heavy atom. The van der Waals surface area contributed by atoms with E-state index in [1.54, 1.807) is 19.1 Å². The molecule has 1 aliphatic heterocycles. The van der Waals surface area contributed by atoms with Crippen LogP contribution in [0.4, 0.5) is 5.69 Å². The second-order valence-corrected chi connectivity index (χ2v) is 7.12. The van der Waals surface area contributed by atoms with Gasteiger partial charge in [-0.15, -0.1) is 11.3 Å². The van der Waals surface area contributed by atoms with Crippen molar-refractivity contribution in [3.63, 3.8) is 0 Å². The number of nitrogens with one attached hydrogen (secondary N) is 1. The van der Waals surface area contributed by atoms with Crippen LogP contribution in [0.5, 0.6) is 11.5 Å². The first-order valence-corrected chi connectivity index (χ1v) is 9.52. The molecule has 7 nitrogen and oxygen atoms in total. The van der Waals surface area contributed by atoms with Crippen LogP contribution in [0.1, 0.15) is 27.2 Å². The van der Waals surface area contributed by atoms with E-state index in [0.717, 1.165) is 10.4 Å². The van der Waals surface area contributed by atoms with Crippen molar-refractivity contribution in [3.05, 3.63) is 52.3 Å². The van der Waals surface area contributed by atoms with E-state index in [-0.39, 0.29) is 29.3 Å². The summed E-state index contributed by atoms with van der Waals surface area (Å²) < 4.78 is 21.0. The number of amides is 1. The third kappa shape index (κ3) is 3.56. The van der Waals surface area contributed by atoms with E-state index < -0.39 is 11.9 Å². The van der Waals surface area contributed by atoms with E-state index in [4.69, 9.17) is 30.2 Å². The van der Waals surface area contributed by atoms with Gasteiger partial charge in [-0.2, -0.15) is 0 Å². The highest BCUT2D eigenvalue weighted by molar-refractivity contribution is 7.18. The van der Waals surface area contributed by atoms with Gasteiger partial charge in [-0.25, -0.2) is 4.79 Å². The molecule has 0 bridgehead atoms. The standard InChI is InChI=1S/C19H14ClNO6S/c1-2-24-19(23)17-11(21-18(22)13-5-6-16(20)27-13)8-15(28-17)10-3-4-12-14(7-10)26-9-25-12/h3-8H,2,9H2,1H3,(H,21,22). The Labute approximate surface area is 168 Å². The van der Waals surface area contributed by atoms with Gasteiger partial charge in [0, 0.05) is 4.88 Å². The van der Waals surface area contributed by atoms with Gasteiger partial charge in [0.05, 0.1) is 12.3 Å². The van der Waals surface area contributed by atoms with Crippen LogP contribution in [0.25, 0.3) is 10.4 Å². The summed E-state index contributed by atoms with van der Waals surface area (Å²) in [7, 11) is 0. The van der Waals surface area contributed by atoms with Gasteiger partial charge in [0.25, 0.3) is 5.91 Å². The predicted octanol–water partition coefficient (Wildman–Crippen LogP) is 4.82. The summed E-state index contributed by atoms with van der Waals surface area (Å²) in [4.78, 5) is 25.8. The molecule has 0 atom stereocenters. The summed E-state index contributed by atoms with van der Waals surface area (Å²) in [5.41, 5.74) is 1.15.